The van der Waals surface area contributed by atoms with Crippen molar-refractivity contribution in [2.75, 3.05) is 13.2 Å². The summed E-state index contributed by atoms with van der Waals surface area (Å²) in [5, 5.41) is 3.19. The Bertz CT molecular complexity index is 201. The van der Waals surface area contributed by atoms with E-state index < -0.39 is 0 Å². The van der Waals surface area contributed by atoms with E-state index in [9.17, 15) is 4.79 Å². The van der Waals surface area contributed by atoms with Gasteiger partial charge >= 0.3 is 0 Å². The van der Waals surface area contributed by atoms with Gasteiger partial charge in [-0.2, -0.15) is 0 Å². The first kappa shape index (κ1) is 12.5. The maximum atomic E-state index is 11.2. The fourth-order valence-electron chi connectivity index (χ4n) is 1.85. The van der Waals surface area contributed by atoms with Gasteiger partial charge in [-0.3, -0.25) is 4.79 Å². The lowest BCUT2D eigenvalue weighted by Gasteiger charge is -2.19. The van der Waals surface area contributed by atoms with Crippen LogP contribution in [0.25, 0.3) is 0 Å². The van der Waals surface area contributed by atoms with Crippen molar-refractivity contribution in [3.63, 3.8) is 0 Å². The second-order valence-electron chi connectivity index (χ2n) is 4.63. The third-order valence-electron chi connectivity index (χ3n) is 2.67. The maximum Gasteiger partial charge on any atom is 0.234 e. The Morgan fingerprint density at radius 1 is 1.60 bits per heavy atom. The van der Waals surface area contributed by atoms with E-state index >= 15 is 0 Å². The number of nitrogens with one attached hydrogen (secondary N) is 1. The summed E-state index contributed by atoms with van der Waals surface area (Å²) < 4.78 is 5.47. The number of amides is 1. The predicted molar refractivity (Wildman–Crippen MR) is 59.4 cm³/mol. The van der Waals surface area contributed by atoms with Gasteiger partial charge in [0.1, 0.15) is 0 Å². The second-order valence-corrected chi connectivity index (χ2v) is 4.63. The average molecular weight is 214 g/mol. The molecule has 2 atom stereocenters. The molecular formula is C11H22N2O2. The molecule has 15 heavy (non-hydrogen) atoms. The zero-order chi connectivity index (χ0) is 11.3. The summed E-state index contributed by atoms with van der Waals surface area (Å²) in [4.78, 5) is 11.2. The van der Waals surface area contributed by atoms with Crippen molar-refractivity contribution in [1.29, 1.82) is 0 Å². The molecule has 0 bridgehead atoms. The van der Waals surface area contributed by atoms with Gasteiger partial charge in [-0.15, -0.1) is 0 Å². The van der Waals surface area contributed by atoms with Crippen LogP contribution in [0.4, 0.5) is 0 Å². The SMILES string of the molecule is CC(C)C[C@H](NCC1CCCO1)C(N)=O. The minimum Gasteiger partial charge on any atom is -0.377 e. The number of nitrogens with two attached hydrogens (primary N) is 1. The summed E-state index contributed by atoms with van der Waals surface area (Å²) >= 11 is 0. The smallest absolute Gasteiger partial charge is 0.234 e. The number of rotatable bonds is 6. The molecule has 4 nitrogen and oxygen atoms in total. The van der Waals surface area contributed by atoms with Gasteiger partial charge in [-0.05, 0) is 25.2 Å². The molecule has 3 N–H and O–H groups in total. The largest absolute Gasteiger partial charge is 0.377 e. The van der Waals surface area contributed by atoms with Crippen LogP contribution in [-0.4, -0.2) is 31.2 Å². The summed E-state index contributed by atoms with van der Waals surface area (Å²) in [6, 6.07) is -0.214. The Kier molecular flexibility index (Phi) is 5.05. The summed E-state index contributed by atoms with van der Waals surface area (Å²) in [6.07, 6.45) is 3.26. The van der Waals surface area contributed by atoms with Gasteiger partial charge in [0, 0.05) is 13.2 Å². The normalized spacial score (nSPS) is 23.3. The van der Waals surface area contributed by atoms with E-state index in [1.165, 1.54) is 0 Å². The van der Waals surface area contributed by atoms with E-state index in [4.69, 9.17) is 10.5 Å². The zero-order valence-corrected chi connectivity index (χ0v) is 9.66. The Hall–Kier alpha value is -0.610. The van der Waals surface area contributed by atoms with Crippen LogP contribution in [0.2, 0.25) is 0 Å². The third kappa shape index (κ3) is 4.62. The van der Waals surface area contributed by atoms with E-state index in [0.29, 0.717) is 5.92 Å². The van der Waals surface area contributed by atoms with Gasteiger partial charge in [0.2, 0.25) is 5.91 Å². The Morgan fingerprint density at radius 3 is 2.80 bits per heavy atom. The Labute approximate surface area is 91.5 Å². The van der Waals surface area contributed by atoms with Gasteiger partial charge in [-0.1, -0.05) is 13.8 Å². The lowest BCUT2D eigenvalue weighted by molar-refractivity contribution is -0.120. The van der Waals surface area contributed by atoms with Crippen molar-refractivity contribution in [3.05, 3.63) is 0 Å². The molecule has 1 heterocycles. The number of primary amides is 1. The predicted octanol–water partition coefficient (Wildman–Crippen LogP) is 0.655. The maximum absolute atomic E-state index is 11.2. The summed E-state index contributed by atoms with van der Waals surface area (Å²) in [6.45, 7) is 5.76. The van der Waals surface area contributed by atoms with Crippen LogP contribution in [0.1, 0.15) is 33.1 Å². The highest BCUT2D eigenvalue weighted by molar-refractivity contribution is 5.79. The molecule has 1 aliphatic rings. The number of hydrogen-bond acceptors (Lipinski definition) is 3. The van der Waals surface area contributed by atoms with Crippen LogP contribution in [0.5, 0.6) is 0 Å². The zero-order valence-electron chi connectivity index (χ0n) is 9.66. The van der Waals surface area contributed by atoms with Crippen LogP contribution < -0.4 is 11.1 Å². The monoisotopic (exact) mass is 214 g/mol. The average Bonchev–Trinajstić information content (AvgIpc) is 2.63. The third-order valence-corrected chi connectivity index (χ3v) is 2.67. The van der Waals surface area contributed by atoms with Gasteiger partial charge < -0.3 is 15.8 Å². The van der Waals surface area contributed by atoms with Crippen molar-refractivity contribution < 1.29 is 9.53 Å². The summed E-state index contributed by atoms with van der Waals surface area (Å²) in [7, 11) is 0. The molecule has 4 heteroatoms. The molecule has 0 aromatic rings. The van der Waals surface area contributed by atoms with Crippen LogP contribution in [0.15, 0.2) is 0 Å². The van der Waals surface area contributed by atoms with E-state index in [1.54, 1.807) is 0 Å². The fourth-order valence-corrected chi connectivity index (χ4v) is 1.85. The molecule has 1 unspecified atom stereocenters. The first-order valence-corrected chi connectivity index (χ1v) is 5.74. The van der Waals surface area contributed by atoms with E-state index in [1.807, 2.05) is 0 Å². The van der Waals surface area contributed by atoms with Crippen molar-refractivity contribution in [2.45, 2.75) is 45.3 Å². The molecule has 0 aromatic carbocycles. The lowest BCUT2D eigenvalue weighted by Crippen LogP contribution is -2.45. The standard InChI is InChI=1S/C11H22N2O2/c1-8(2)6-10(11(12)14)13-7-9-4-3-5-15-9/h8-10,13H,3-7H2,1-2H3,(H2,12,14)/t9?,10-/m0/s1. The van der Waals surface area contributed by atoms with Crippen LogP contribution in [-0.2, 0) is 9.53 Å². The lowest BCUT2D eigenvalue weighted by atomic mass is 10.0. The molecular weight excluding hydrogens is 192 g/mol. The van der Waals surface area contributed by atoms with Crippen molar-refractivity contribution in [1.82, 2.24) is 5.32 Å². The van der Waals surface area contributed by atoms with Crippen LogP contribution in [0.3, 0.4) is 0 Å². The minimum atomic E-state index is -0.262. The first-order valence-electron chi connectivity index (χ1n) is 5.74. The van der Waals surface area contributed by atoms with Crippen LogP contribution >= 0.6 is 0 Å². The Morgan fingerprint density at radius 2 is 2.33 bits per heavy atom. The van der Waals surface area contributed by atoms with Crippen molar-refractivity contribution in [2.24, 2.45) is 11.7 Å². The molecule has 0 aromatic heterocycles. The molecule has 1 saturated heterocycles. The highest BCUT2D eigenvalue weighted by atomic mass is 16.5. The highest BCUT2D eigenvalue weighted by Gasteiger charge is 2.20. The number of carbonyl (C=O) groups excluding carboxylic acids is 1. The molecule has 0 saturated carbocycles. The molecule has 0 spiro atoms. The molecule has 1 rings (SSSR count). The highest BCUT2D eigenvalue weighted by Crippen LogP contribution is 2.11. The van der Waals surface area contributed by atoms with Crippen molar-refractivity contribution in [3.8, 4) is 0 Å². The number of carbonyl (C=O) groups is 1. The van der Waals surface area contributed by atoms with Gasteiger partial charge in [-0.25, -0.2) is 0 Å². The molecule has 1 amide bonds. The second kappa shape index (κ2) is 6.08. The fraction of sp³-hybridized carbons (Fsp3) is 0.909. The van der Waals surface area contributed by atoms with E-state index in [-0.39, 0.29) is 18.1 Å². The quantitative estimate of drug-likeness (QED) is 0.682. The first-order chi connectivity index (χ1) is 7.09. The molecule has 0 aliphatic carbocycles. The summed E-state index contributed by atoms with van der Waals surface area (Å²) in [5.41, 5.74) is 5.33. The van der Waals surface area contributed by atoms with E-state index in [0.717, 1.165) is 32.4 Å². The van der Waals surface area contributed by atoms with Crippen LogP contribution in [0, 0.1) is 5.92 Å². The van der Waals surface area contributed by atoms with Gasteiger partial charge in [0.15, 0.2) is 0 Å². The topological polar surface area (TPSA) is 64.3 Å². The molecule has 88 valence electrons. The summed E-state index contributed by atoms with van der Waals surface area (Å²) in [5.74, 6) is 0.209. The molecule has 1 aliphatic heterocycles. The van der Waals surface area contributed by atoms with E-state index in [2.05, 4.69) is 19.2 Å². The minimum absolute atomic E-state index is 0.214. The Balaban J connectivity index is 2.27. The van der Waals surface area contributed by atoms with Gasteiger partial charge in [0.25, 0.3) is 0 Å². The number of ether oxygens (including phenoxy) is 1. The molecule has 0 radical (unpaired) electrons. The van der Waals surface area contributed by atoms with Crippen molar-refractivity contribution >= 4 is 5.91 Å². The molecule has 1 fully saturated rings. The number of hydrogen-bond donors (Lipinski definition) is 2. The van der Waals surface area contributed by atoms with Gasteiger partial charge in [0.05, 0.1) is 12.1 Å².